The normalized spacial score (nSPS) is 16.3. The summed E-state index contributed by atoms with van der Waals surface area (Å²) in [5.41, 5.74) is 4.15. The highest BCUT2D eigenvalue weighted by Gasteiger charge is 2.30. The molecule has 1 saturated heterocycles. The van der Waals surface area contributed by atoms with Crippen molar-refractivity contribution in [1.29, 1.82) is 0 Å². The van der Waals surface area contributed by atoms with E-state index in [4.69, 9.17) is 0 Å². The first kappa shape index (κ1) is 20.3. The number of halogens is 1. The van der Waals surface area contributed by atoms with Crippen molar-refractivity contribution in [2.45, 2.75) is 39.2 Å². The predicted molar refractivity (Wildman–Crippen MR) is 118 cm³/mol. The van der Waals surface area contributed by atoms with Gasteiger partial charge in [0.1, 0.15) is 5.82 Å². The third-order valence-electron chi connectivity index (χ3n) is 5.86. The summed E-state index contributed by atoms with van der Waals surface area (Å²) in [7, 11) is 1.89. The largest absolute Gasteiger partial charge is 0.368 e. The number of hydrogen-bond acceptors (Lipinski definition) is 5. The molecule has 0 atom stereocenters. The van der Waals surface area contributed by atoms with E-state index < -0.39 is 0 Å². The van der Waals surface area contributed by atoms with Gasteiger partial charge in [0.2, 0.25) is 0 Å². The molecule has 0 unspecified atom stereocenters. The summed E-state index contributed by atoms with van der Waals surface area (Å²) in [5.74, 6) is 0.769. The first-order valence-corrected chi connectivity index (χ1v) is 10.8. The molecule has 3 aromatic rings. The second-order valence-corrected chi connectivity index (χ2v) is 7.61. The maximum absolute atomic E-state index is 13.7. The van der Waals surface area contributed by atoms with Gasteiger partial charge in [0.15, 0.2) is 5.82 Å². The Morgan fingerprint density at radius 3 is 2.47 bits per heavy atom. The molecular weight excluding hydrogens is 379 g/mol. The average molecular weight is 409 g/mol. The number of fused-ring (bicyclic) bond motifs is 1. The van der Waals surface area contributed by atoms with Crippen LogP contribution < -0.4 is 9.80 Å². The van der Waals surface area contributed by atoms with Gasteiger partial charge < -0.3 is 9.80 Å². The van der Waals surface area contributed by atoms with Gasteiger partial charge in [0.25, 0.3) is 0 Å². The van der Waals surface area contributed by atoms with Crippen LogP contribution in [0.3, 0.4) is 0 Å². The van der Waals surface area contributed by atoms with E-state index in [1.54, 1.807) is 23.0 Å². The van der Waals surface area contributed by atoms with Crippen LogP contribution in [0, 0.1) is 5.82 Å². The molecule has 0 bridgehead atoms. The monoisotopic (exact) mass is 408 g/mol. The number of piperidine rings is 1. The number of rotatable bonds is 3. The molecular formula is C23H29FN6. The minimum Gasteiger partial charge on any atom is -0.368 e. The van der Waals surface area contributed by atoms with Crippen LogP contribution in [-0.2, 0) is 13.5 Å². The standard InChI is InChI=1S/C21H23FN6.C2H6/c1-26-14-16(13-23-26)19-4-5-21(25-24-19)27-9-7-18(8-10-27)28-11-6-15-2-3-17(22)12-20(15)28;1-2/h2-5,12-14,18H,6-11H2,1H3;1-2H3. The molecule has 158 valence electrons. The fraction of sp³-hybridized carbons (Fsp3) is 0.435. The second-order valence-electron chi connectivity index (χ2n) is 7.61. The second kappa shape index (κ2) is 8.81. The van der Waals surface area contributed by atoms with E-state index >= 15 is 0 Å². The van der Waals surface area contributed by atoms with E-state index in [0.29, 0.717) is 6.04 Å². The van der Waals surface area contributed by atoms with Crippen molar-refractivity contribution < 1.29 is 4.39 Å². The van der Waals surface area contributed by atoms with Crippen molar-refractivity contribution in [1.82, 2.24) is 20.0 Å². The van der Waals surface area contributed by atoms with Crippen molar-refractivity contribution in [3.8, 4) is 11.3 Å². The lowest BCUT2D eigenvalue weighted by Gasteiger charge is -2.38. The molecule has 7 heteroatoms. The fourth-order valence-electron chi connectivity index (χ4n) is 4.36. The molecule has 4 heterocycles. The summed E-state index contributed by atoms with van der Waals surface area (Å²) in [5, 5.41) is 13.0. The molecule has 1 aromatic carbocycles. The summed E-state index contributed by atoms with van der Waals surface area (Å²) < 4.78 is 15.4. The highest BCUT2D eigenvalue weighted by Crippen LogP contribution is 2.33. The van der Waals surface area contributed by atoms with Gasteiger partial charge in [0.05, 0.1) is 11.9 Å². The minimum atomic E-state index is -0.146. The van der Waals surface area contributed by atoms with Crippen molar-refractivity contribution in [2.75, 3.05) is 29.4 Å². The highest BCUT2D eigenvalue weighted by molar-refractivity contribution is 5.60. The lowest BCUT2D eigenvalue weighted by molar-refractivity contribution is 0.469. The van der Waals surface area contributed by atoms with Crippen molar-refractivity contribution >= 4 is 11.5 Å². The summed E-state index contributed by atoms with van der Waals surface area (Å²) in [4.78, 5) is 4.69. The van der Waals surface area contributed by atoms with E-state index in [-0.39, 0.29) is 5.82 Å². The Morgan fingerprint density at radius 2 is 1.80 bits per heavy atom. The van der Waals surface area contributed by atoms with Crippen LogP contribution in [0.15, 0.2) is 42.7 Å². The van der Waals surface area contributed by atoms with Gasteiger partial charge in [-0.2, -0.15) is 5.10 Å². The smallest absolute Gasteiger partial charge is 0.151 e. The molecule has 0 aliphatic carbocycles. The Labute approximate surface area is 177 Å². The quantitative estimate of drug-likeness (QED) is 0.654. The van der Waals surface area contributed by atoms with Crippen LogP contribution in [-0.4, -0.2) is 45.7 Å². The van der Waals surface area contributed by atoms with Gasteiger partial charge >= 0.3 is 0 Å². The zero-order chi connectivity index (χ0) is 21.1. The number of aromatic nitrogens is 4. The van der Waals surface area contributed by atoms with Gasteiger partial charge in [0, 0.05) is 50.2 Å². The van der Waals surface area contributed by atoms with Crippen LogP contribution in [0.1, 0.15) is 32.3 Å². The molecule has 0 saturated carbocycles. The van der Waals surface area contributed by atoms with E-state index in [1.165, 1.54) is 5.56 Å². The zero-order valence-corrected chi connectivity index (χ0v) is 17.9. The topological polar surface area (TPSA) is 50.1 Å². The third-order valence-corrected chi connectivity index (χ3v) is 5.86. The Balaban J connectivity index is 0.00000106. The highest BCUT2D eigenvalue weighted by atomic mass is 19.1. The van der Waals surface area contributed by atoms with E-state index in [0.717, 1.165) is 61.7 Å². The molecule has 0 radical (unpaired) electrons. The first-order valence-electron chi connectivity index (χ1n) is 10.8. The number of anilines is 2. The first-order chi connectivity index (χ1) is 14.7. The zero-order valence-electron chi connectivity index (χ0n) is 17.9. The molecule has 2 aliphatic heterocycles. The number of nitrogens with zero attached hydrogens (tertiary/aromatic N) is 6. The summed E-state index contributed by atoms with van der Waals surface area (Å²) in [6, 6.07) is 9.69. The maximum atomic E-state index is 13.7. The summed E-state index contributed by atoms with van der Waals surface area (Å²) in [6.07, 6.45) is 6.83. The Kier molecular flexibility index (Phi) is 5.97. The third kappa shape index (κ3) is 4.01. The van der Waals surface area contributed by atoms with Gasteiger partial charge in [-0.3, -0.25) is 4.68 Å². The summed E-state index contributed by atoms with van der Waals surface area (Å²) in [6.45, 7) is 6.86. The molecule has 5 rings (SSSR count). The number of benzene rings is 1. The number of aryl methyl sites for hydroxylation is 1. The molecule has 0 N–H and O–H groups in total. The van der Waals surface area contributed by atoms with Crippen LogP contribution >= 0.6 is 0 Å². The van der Waals surface area contributed by atoms with Crippen LogP contribution in [0.25, 0.3) is 11.3 Å². The van der Waals surface area contributed by atoms with E-state index in [2.05, 4.69) is 25.1 Å². The molecule has 0 amide bonds. The van der Waals surface area contributed by atoms with E-state index in [1.807, 2.05) is 45.3 Å². The fourth-order valence-corrected chi connectivity index (χ4v) is 4.36. The van der Waals surface area contributed by atoms with Gasteiger partial charge in [-0.15, -0.1) is 10.2 Å². The van der Waals surface area contributed by atoms with Crippen LogP contribution in [0.5, 0.6) is 0 Å². The Hall–Kier alpha value is -2.96. The predicted octanol–water partition coefficient (Wildman–Crippen LogP) is 4.07. The maximum Gasteiger partial charge on any atom is 0.151 e. The molecule has 2 aromatic heterocycles. The lowest BCUT2D eigenvalue weighted by Crippen LogP contribution is -2.44. The summed E-state index contributed by atoms with van der Waals surface area (Å²) >= 11 is 0. The number of hydrogen-bond donors (Lipinski definition) is 0. The molecule has 30 heavy (non-hydrogen) atoms. The molecule has 1 fully saturated rings. The van der Waals surface area contributed by atoms with Crippen molar-refractivity contribution in [2.24, 2.45) is 7.05 Å². The van der Waals surface area contributed by atoms with Gasteiger partial charge in [-0.1, -0.05) is 19.9 Å². The SMILES string of the molecule is CC.Cn1cc(-c2ccc(N3CCC(N4CCc5ccc(F)cc54)CC3)nn2)cn1. The lowest BCUT2D eigenvalue weighted by atomic mass is 10.0. The minimum absolute atomic E-state index is 0.146. The Morgan fingerprint density at radius 1 is 1.00 bits per heavy atom. The average Bonchev–Trinajstić information content (AvgIpc) is 3.41. The van der Waals surface area contributed by atoms with Gasteiger partial charge in [-0.05, 0) is 49.1 Å². The van der Waals surface area contributed by atoms with Crippen molar-refractivity contribution in [3.05, 3.63) is 54.1 Å². The molecule has 6 nitrogen and oxygen atoms in total. The van der Waals surface area contributed by atoms with Crippen molar-refractivity contribution in [3.63, 3.8) is 0 Å². The Bertz CT molecular complexity index is 976. The van der Waals surface area contributed by atoms with Crippen LogP contribution in [0.4, 0.5) is 15.9 Å². The van der Waals surface area contributed by atoms with E-state index in [9.17, 15) is 4.39 Å². The molecule has 0 spiro atoms. The van der Waals surface area contributed by atoms with Gasteiger partial charge in [-0.25, -0.2) is 4.39 Å². The van der Waals surface area contributed by atoms with Crippen LogP contribution in [0.2, 0.25) is 0 Å². The molecule has 2 aliphatic rings.